The second-order valence-corrected chi connectivity index (χ2v) is 10.0. The van der Waals surface area contributed by atoms with Crippen LogP contribution in [0.3, 0.4) is 0 Å². The molecule has 170 valence electrons. The third-order valence-electron chi connectivity index (χ3n) is 4.46. The summed E-state index contributed by atoms with van der Waals surface area (Å²) in [6, 6.07) is 15.3. The topological polar surface area (TPSA) is 90.6 Å². The molecule has 0 aliphatic carbocycles. The minimum absolute atomic E-state index is 0.0614. The number of benzene rings is 3. The fourth-order valence-corrected chi connectivity index (χ4v) is 4.14. The van der Waals surface area contributed by atoms with Crippen LogP contribution in [0.25, 0.3) is 0 Å². The maximum atomic E-state index is 11.4. The summed E-state index contributed by atoms with van der Waals surface area (Å²) in [5.41, 5.74) is 2.57. The highest BCUT2D eigenvalue weighted by Crippen LogP contribution is 2.35. The summed E-state index contributed by atoms with van der Waals surface area (Å²) in [6.07, 6.45) is 0. The molecule has 0 unspecified atom stereocenters. The SMILES string of the molecule is CCOc1cc(CNc2ccc(S(N)(=O)=O)cc2)c(Br)cc1OCc1ccc(Cl)c(Cl)c1. The molecule has 0 atom stereocenters. The third kappa shape index (κ3) is 6.52. The predicted octanol–water partition coefficient (Wildman–Crippen LogP) is 5.99. The van der Waals surface area contributed by atoms with E-state index in [1.165, 1.54) is 12.1 Å². The number of anilines is 1. The number of primary sulfonamides is 1. The van der Waals surface area contributed by atoms with E-state index in [-0.39, 0.29) is 4.90 Å². The van der Waals surface area contributed by atoms with E-state index < -0.39 is 10.0 Å². The molecule has 0 aliphatic heterocycles. The normalized spacial score (nSPS) is 11.3. The van der Waals surface area contributed by atoms with Gasteiger partial charge in [0.15, 0.2) is 11.5 Å². The Kier molecular flexibility index (Phi) is 8.30. The standard InChI is InChI=1S/C22H21BrCl2N2O4S/c1-2-30-21-10-15(12-27-16-4-6-17(7-5-16)32(26,28)29)18(23)11-22(21)31-13-14-3-8-19(24)20(25)9-14/h3-11,27H,2,12-13H2,1H3,(H2,26,28,29). The van der Waals surface area contributed by atoms with Crippen LogP contribution in [-0.2, 0) is 23.2 Å². The van der Waals surface area contributed by atoms with Gasteiger partial charge in [0, 0.05) is 16.7 Å². The van der Waals surface area contributed by atoms with Gasteiger partial charge in [-0.3, -0.25) is 0 Å². The average molecular weight is 560 g/mol. The van der Waals surface area contributed by atoms with Crippen LogP contribution >= 0.6 is 39.1 Å². The zero-order valence-electron chi connectivity index (χ0n) is 17.1. The highest BCUT2D eigenvalue weighted by Gasteiger charge is 2.12. The molecule has 0 radical (unpaired) electrons. The Hall–Kier alpha value is -1.97. The molecule has 6 nitrogen and oxygen atoms in total. The molecule has 3 rings (SSSR count). The molecule has 0 fully saturated rings. The summed E-state index contributed by atoms with van der Waals surface area (Å²) < 4.78 is 35.3. The van der Waals surface area contributed by atoms with Crippen LogP contribution in [0.15, 0.2) is 64.0 Å². The Morgan fingerprint density at radius 2 is 1.66 bits per heavy atom. The summed E-state index contributed by atoms with van der Waals surface area (Å²) in [5.74, 6) is 1.20. The van der Waals surface area contributed by atoms with E-state index >= 15 is 0 Å². The molecule has 32 heavy (non-hydrogen) atoms. The second-order valence-electron chi connectivity index (χ2n) is 6.78. The first kappa shape index (κ1) is 24.7. The van der Waals surface area contributed by atoms with Crippen LogP contribution in [-0.4, -0.2) is 15.0 Å². The Bertz CT molecular complexity index is 1210. The summed E-state index contributed by atoms with van der Waals surface area (Å²) in [4.78, 5) is 0.0614. The molecule has 0 saturated carbocycles. The zero-order chi connectivity index (χ0) is 23.3. The van der Waals surface area contributed by atoms with Crippen molar-refractivity contribution in [1.29, 1.82) is 0 Å². The fourth-order valence-electron chi connectivity index (χ4n) is 2.84. The lowest BCUT2D eigenvalue weighted by Crippen LogP contribution is -2.12. The van der Waals surface area contributed by atoms with Crippen molar-refractivity contribution in [2.45, 2.75) is 25.0 Å². The molecule has 3 aromatic carbocycles. The minimum Gasteiger partial charge on any atom is -0.490 e. The van der Waals surface area contributed by atoms with Gasteiger partial charge in [-0.2, -0.15) is 0 Å². The van der Waals surface area contributed by atoms with Gasteiger partial charge in [0.25, 0.3) is 0 Å². The number of rotatable bonds is 9. The van der Waals surface area contributed by atoms with Crippen LogP contribution in [0.4, 0.5) is 5.69 Å². The number of nitrogens with two attached hydrogens (primary N) is 1. The van der Waals surface area contributed by atoms with Gasteiger partial charge in [0.05, 0.1) is 21.5 Å². The summed E-state index contributed by atoms with van der Waals surface area (Å²) in [6.45, 7) is 3.16. The fraction of sp³-hybridized carbons (Fsp3) is 0.182. The Morgan fingerprint density at radius 3 is 2.28 bits per heavy atom. The highest BCUT2D eigenvalue weighted by atomic mass is 79.9. The van der Waals surface area contributed by atoms with Crippen molar-refractivity contribution >= 4 is 54.8 Å². The van der Waals surface area contributed by atoms with Crippen molar-refractivity contribution in [2.75, 3.05) is 11.9 Å². The van der Waals surface area contributed by atoms with E-state index in [1.807, 2.05) is 25.1 Å². The molecule has 0 aromatic heterocycles. The van der Waals surface area contributed by atoms with Crippen LogP contribution in [0.5, 0.6) is 11.5 Å². The monoisotopic (exact) mass is 558 g/mol. The summed E-state index contributed by atoms with van der Waals surface area (Å²) >= 11 is 15.6. The van der Waals surface area contributed by atoms with Gasteiger partial charge in [-0.1, -0.05) is 45.2 Å². The first-order valence-electron chi connectivity index (χ1n) is 9.56. The molecule has 3 aromatic rings. The van der Waals surface area contributed by atoms with Crippen molar-refractivity contribution < 1.29 is 17.9 Å². The van der Waals surface area contributed by atoms with E-state index in [0.717, 1.165) is 21.3 Å². The van der Waals surface area contributed by atoms with Gasteiger partial charge in [0.2, 0.25) is 10.0 Å². The van der Waals surface area contributed by atoms with Crippen LogP contribution < -0.4 is 19.9 Å². The van der Waals surface area contributed by atoms with Crippen molar-refractivity contribution in [3.05, 3.63) is 80.2 Å². The number of sulfonamides is 1. The van der Waals surface area contributed by atoms with Gasteiger partial charge in [-0.05, 0) is 66.6 Å². The predicted molar refractivity (Wildman–Crippen MR) is 131 cm³/mol. The maximum absolute atomic E-state index is 11.4. The van der Waals surface area contributed by atoms with Crippen molar-refractivity contribution in [2.24, 2.45) is 5.14 Å². The van der Waals surface area contributed by atoms with E-state index in [4.69, 9.17) is 37.8 Å². The molecule has 0 bridgehead atoms. The van der Waals surface area contributed by atoms with Crippen molar-refractivity contribution in [1.82, 2.24) is 0 Å². The molecule has 0 heterocycles. The number of halogens is 3. The van der Waals surface area contributed by atoms with E-state index in [9.17, 15) is 8.42 Å². The first-order valence-corrected chi connectivity index (χ1v) is 12.7. The highest BCUT2D eigenvalue weighted by molar-refractivity contribution is 9.10. The quantitative estimate of drug-likeness (QED) is 0.336. The lowest BCUT2D eigenvalue weighted by Gasteiger charge is -2.16. The number of hydrogen-bond donors (Lipinski definition) is 2. The second kappa shape index (κ2) is 10.8. The molecule has 3 N–H and O–H groups in total. The van der Waals surface area contributed by atoms with Gasteiger partial charge in [-0.25, -0.2) is 13.6 Å². The van der Waals surface area contributed by atoms with Gasteiger partial charge < -0.3 is 14.8 Å². The van der Waals surface area contributed by atoms with Gasteiger partial charge in [-0.15, -0.1) is 0 Å². The molecule has 0 amide bonds. The van der Waals surface area contributed by atoms with Gasteiger partial charge in [0.1, 0.15) is 6.61 Å². The lowest BCUT2D eigenvalue weighted by atomic mass is 10.2. The van der Waals surface area contributed by atoms with E-state index in [2.05, 4.69) is 21.2 Å². The average Bonchev–Trinajstić information content (AvgIpc) is 2.75. The molecular weight excluding hydrogens is 539 g/mol. The van der Waals surface area contributed by atoms with Crippen LogP contribution in [0.2, 0.25) is 10.0 Å². The van der Waals surface area contributed by atoms with E-state index in [1.54, 1.807) is 24.3 Å². The lowest BCUT2D eigenvalue weighted by molar-refractivity contribution is 0.269. The number of hydrogen-bond acceptors (Lipinski definition) is 5. The number of nitrogens with one attached hydrogen (secondary N) is 1. The molecular formula is C22H21BrCl2N2O4S. The van der Waals surface area contributed by atoms with Crippen LogP contribution in [0.1, 0.15) is 18.1 Å². The molecule has 0 aliphatic rings. The smallest absolute Gasteiger partial charge is 0.238 e. The summed E-state index contributed by atoms with van der Waals surface area (Å²) in [7, 11) is -3.72. The Balaban J connectivity index is 1.73. The first-order chi connectivity index (χ1) is 15.2. The largest absolute Gasteiger partial charge is 0.490 e. The Morgan fingerprint density at radius 1 is 0.969 bits per heavy atom. The Labute approximate surface area is 205 Å². The van der Waals surface area contributed by atoms with Crippen LogP contribution in [0, 0.1) is 0 Å². The van der Waals surface area contributed by atoms with Crippen molar-refractivity contribution in [3.8, 4) is 11.5 Å². The maximum Gasteiger partial charge on any atom is 0.238 e. The van der Waals surface area contributed by atoms with E-state index in [0.29, 0.717) is 41.3 Å². The molecule has 10 heteroatoms. The molecule has 0 spiro atoms. The zero-order valence-corrected chi connectivity index (χ0v) is 21.0. The van der Waals surface area contributed by atoms with Crippen molar-refractivity contribution in [3.63, 3.8) is 0 Å². The minimum atomic E-state index is -3.72. The summed E-state index contributed by atoms with van der Waals surface area (Å²) in [5, 5.41) is 9.34. The van der Waals surface area contributed by atoms with Gasteiger partial charge >= 0.3 is 0 Å². The number of ether oxygens (including phenoxy) is 2. The third-order valence-corrected chi connectivity index (χ3v) is 6.86. The molecule has 0 saturated heterocycles.